The fourth-order valence-corrected chi connectivity index (χ4v) is 1.58. The van der Waals surface area contributed by atoms with Gasteiger partial charge in [-0.2, -0.15) is 5.10 Å². The molecule has 0 unspecified atom stereocenters. The lowest BCUT2D eigenvalue weighted by Gasteiger charge is -2.07. The fourth-order valence-electron chi connectivity index (χ4n) is 1.58. The maximum Gasteiger partial charge on any atom is 0.0927 e. The van der Waals surface area contributed by atoms with Gasteiger partial charge < -0.3 is 10.8 Å². The quantitative estimate of drug-likeness (QED) is 0.720. The summed E-state index contributed by atoms with van der Waals surface area (Å²) < 4.78 is 1.72. The van der Waals surface area contributed by atoms with Crippen LogP contribution in [0.1, 0.15) is 5.56 Å². The first kappa shape index (κ1) is 9.73. The highest BCUT2D eigenvalue weighted by Crippen LogP contribution is 2.26. The Morgan fingerprint density at radius 2 is 2.20 bits per heavy atom. The van der Waals surface area contributed by atoms with E-state index in [2.05, 4.69) is 5.10 Å². The van der Waals surface area contributed by atoms with Crippen molar-refractivity contribution in [2.75, 3.05) is 5.73 Å². The molecule has 3 N–H and O–H groups in total. The zero-order valence-corrected chi connectivity index (χ0v) is 8.51. The second-order valence-electron chi connectivity index (χ2n) is 3.41. The van der Waals surface area contributed by atoms with Crippen LogP contribution in [-0.2, 0) is 13.7 Å². The number of benzene rings is 1. The van der Waals surface area contributed by atoms with Crippen molar-refractivity contribution in [2.45, 2.75) is 6.61 Å². The van der Waals surface area contributed by atoms with Gasteiger partial charge in [-0.3, -0.25) is 4.68 Å². The van der Waals surface area contributed by atoms with Gasteiger partial charge in [0.05, 0.1) is 12.3 Å². The van der Waals surface area contributed by atoms with E-state index in [1.165, 1.54) is 0 Å². The smallest absolute Gasteiger partial charge is 0.0927 e. The second-order valence-corrected chi connectivity index (χ2v) is 3.41. The number of hydrogen-bond donors (Lipinski definition) is 2. The number of nitrogens with zero attached hydrogens (tertiary/aromatic N) is 2. The lowest BCUT2D eigenvalue weighted by atomic mass is 10.0. The highest BCUT2D eigenvalue weighted by molar-refractivity contribution is 5.70. The van der Waals surface area contributed by atoms with Crippen molar-refractivity contribution < 1.29 is 5.11 Å². The summed E-state index contributed by atoms with van der Waals surface area (Å²) in [5, 5.41) is 13.5. The maximum absolute atomic E-state index is 9.25. The maximum atomic E-state index is 9.25. The molecule has 1 aromatic heterocycles. The summed E-state index contributed by atoms with van der Waals surface area (Å²) in [5.41, 5.74) is 8.83. The Kier molecular flexibility index (Phi) is 2.43. The van der Waals surface area contributed by atoms with E-state index in [9.17, 15) is 5.11 Å². The minimum Gasteiger partial charge on any atom is -0.398 e. The molecule has 0 radical (unpaired) electrons. The molecule has 0 aliphatic rings. The van der Waals surface area contributed by atoms with Crippen LogP contribution in [0.25, 0.3) is 11.3 Å². The zero-order valence-electron chi connectivity index (χ0n) is 8.51. The molecule has 1 heterocycles. The molecule has 15 heavy (non-hydrogen) atoms. The zero-order chi connectivity index (χ0) is 10.8. The van der Waals surface area contributed by atoms with Gasteiger partial charge in [-0.1, -0.05) is 12.1 Å². The van der Waals surface area contributed by atoms with Gasteiger partial charge in [0.2, 0.25) is 0 Å². The highest BCUT2D eigenvalue weighted by Gasteiger charge is 2.09. The van der Waals surface area contributed by atoms with Crippen molar-refractivity contribution >= 4 is 5.69 Å². The Bertz CT molecular complexity index is 476. The van der Waals surface area contributed by atoms with Crippen LogP contribution in [0.5, 0.6) is 0 Å². The molecule has 0 atom stereocenters. The van der Waals surface area contributed by atoms with E-state index in [1.807, 2.05) is 31.4 Å². The molecular formula is C11H13N3O. The topological polar surface area (TPSA) is 64.1 Å². The molecule has 0 aliphatic carbocycles. The van der Waals surface area contributed by atoms with E-state index < -0.39 is 0 Å². The van der Waals surface area contributed by atoms with Crippen LogP contribution >= 0.6 is 0 Å². The molecule has 2 aromatic rings. The molecule has 0 saturated heterocycles. The third kappa shape index (κ3) is 1.71. The Balaban J connectivity index is 2.57. The van der Waals surface area contributed by atoms with Crippen molar-refractivity contribution in [3.8, 4) is 11.3 Å². The molecule has 4 heteroatoms. The van der Waals surface area contributed by atoms with Gasteiger partial charge in [-0.25, -0.2) is 0 Å². The summed E-state index contributed by atoms with van der Waals surface area (Å²) >= 11 is 0. The number of rotatable bonds is 2. The Hall–Kier alpha value is -1.81. The average Bonchev–Trinajstić information content (AvgIpc) is 2.64. The normalized spacial score (nSPS) is 10.5. The first-order chi connectivity index (χ1) is 7.22. The predicted molar refractivity (Wildman–Crippen MR) is 59.0 cm³/mol. The van der Waals surface area contributed by atoms with Gasteiger partial charge >= 0.3 is 0 Å². The molecule has 0 fully saturated rings. The molecular weight excluding hydrogens is 190 g/mol. The Morgan fingerprint density at radius 1 is 1.40 bits per heavy atom. The standard InChI is InChI=1S/C11H13N3O/c1-14-6-5-11(13-14)8-3-2-4-10(12)9(8)7-15/h2-6,15H,7,12H2,1H3. The second kappa shape index (κ2) is 3.74. The van der Waals surface area contributed by atoms with Crippen LogP contribution in [0.15, 0.2) is 30.5 Å². The molecule has 0 saturated carbocycles. The number of nitrogens with two attached hydrogens (primary N) is 1. The lowest BCUT2D eigenvalue weighted by molar-refractivity contribution is 0.283. The van der Waals surface area contributed by atoms with Crippen molar-refractivity contribution in [3.63, 3.8) is 0 Å². The Labute approximate surface area is 88.0 Å². The van der Waals surface area contributed by atoms with Crippen LogP contribution in [0.2, 0.25) is 0 Å². The van der Waals surface area contributed by atoms with Gasteiger partial charge in [0.15, 0.2) is 0 Å². The largest absolute Gasteiger partial charge is 0.398 e. The van der Waals surface area contributed by atoms with Crippen molar-refractivity contribution in [1.29, 1.82) is 0 Å². The predicted octanol–water partition coefficient (Wildman–Crippen LogP) is 1.16. The molecule has 0 amide bonds. The summed E-state index contributed by atoms with van der Waals surface area (Å²) in [5.74, 6) is 0. The number of anilines is 1. The molecule has 78 valence electrons. The van der Waals surface area contributed by atoms with Gasteiger partial charge in [-0.15, -0.1) is 0 Å². The van der Waals surface area contributed by atoms with Gasteiger partial charge in [-0.05, 0) is 12.1 Å². The van der Waals surface area contributed by atoms with Crippen LogP contribution in [0.3, 0.4) is 0 Å². The van der Waals surface area contributed by atoms with E-state index >= 15 is 0 Å². The molecule has 0 spiro atoms. The third-order valence-corrected chi connectivity index (χ3v) is 2.36. The van der Waals surface area contributed by atoms with E-state index in [0.717, 1.165) is 16.8 Å². The number of aliphatic hydroxyl groups is 1. The summed E-state index contributed by atoms with van der Waals surface area (Å²) in [4.78, 5) is 0. The first-order valence-corrected chi connectivity index (χ1v) is 4.70. The summed E-state index contributed by atoms with van der Waals surface area (Å²) in [6.45, 7) is -0.0709. The third-order valence-electron chi connectivity index (χ3n) is 2.36. The first-order valence-electron chi connectivity index (χ1n) is 4.70. The lowest BCUT2D eigenvalue weighted by Crippen LogP contribution is -1.97. The van der Waals surface area contributed by atoms with Crippen LogP contribution in [0.4, 0.5) is 5.69 Å². The number of hydrogen-bond acceptors (Lipinski definition) is 3. The molecule has 4 nitrogen and oxygen atoms in total. The van der Waals surface area contributed by atoms with Gasteiger partial charge in [0.1, 0.15) is 0 Å². The fraction of sp³-hybridized carbons (Fsp3) is 0.182. The molecule has 0 bridgehead atoms. The van der Waals surface area contributed by atoms with Crippen molar-refractivity contribution in [1.82, 2.24) is 9.78 Å². The van der Waals surface area contributed by atoms with Gasteiger partial charge in [0.25, 0.3) is 0 Å². The minimum absolute atomic E-state index is 0.0709. The van der Waals surface area contributed by atoms with Crippen LogP contribution < -0.4 is 5.73 Å². The van der Waals surface area contributed by atoms with E-state index in [-0.39, 0.29) is 6.61 Å². The molecule has 2 rings (SSSR count). The monoisotopic (exact) mass is 203 g/mol. The van der Waals surface area contributed by atoms with E-state index in [1.54, 1.807) is 10.7 Å². The highest BCUT2D eigenvalue weighted by atomic mass is 16.3. The van der Waals surface area contributed by atoms with E-state index in [0.29, 0.717) is 5.69 Å². The molecule has 0 aliphatic heterocycles. The SMILES string of the molecule is Cn1ccc(-c2cccc(N)c2CO)n1. The number of nitrogen functional groups attached to an aromatic ring is 1. The van der Waals surface area contributed by atoms with Crippen molar-refractivity contribution in [2.24, 2.45) is 7.05 Å². The number of aliphatic hydroxyl groups excluding tert-OH is 1. The van der Waals surface area contributed by atoms with Gasteiger partial charge in [0, 0.05) is 30.1 Å². The average molecular weight is 203 g/mol. The summed E-state index contributed by atoms with van der Waals surface area (Å²) in [6.07, 6.45) is 1.86. The number of aromatic nitrogens is 2. The Morgan fingerprint density at radius 3 is 2.80 bits per heavy atom. The van der Waals surface area contributed by atoms with E-state index in [4.69, 9.17) is 5.73 Å². The molecule has 1 aromatic carbocycles. The summed E-state index contributed by atoms with van der Waals surface area (Å²) in [7, 11) is 1.86. The van der Waals surface area contributed by atoms with Crippen LogP contribution in [-0.4, -0.2) is 14.9 Å². The summed E-state index contributed by atoms with van der Waals surface area (Å²) in [6, 6.07) is 7.44. The van der Waals surface area contributed by atoms with Crippen molar-refractivity contribution in [3.05, 3.63) is 36.0 Å². The van der Waals surface area contributed by atoms with Crippen LogP contribution in [0, 0.1) is 0 Å². The number of aryl methyl sites for hydroxylation is 1. The minimum atomic E-state index is -0.0709.